The quantitative estimate of drug-likeness (QED) is 0.447. The summed E-state index contributed by atoms with van der Waals surface area (Å²) in [5.41, 5.74) is 5.40. The van der Waals surface area contributed by atoms with Gasteiger partial charge in [-0.1, -0.05) is 56.5 Å². The van der Waals surface area contributed by atoms with Crippen molar-refractivity contribution in [1.29, 1.82) is 0 Å². The molecule has 0 bridgehead atoms. The lowest BCUT2D eigenvalue weighted by molar-refractivity contribution is -0.160. The van der Waals surface area contributed by atoms with Crippen LogP contribution in [0.5, 0.6) is 0 Å². The minimum Gasteiger partial charge on any atom is -0.375 e. The summed E-state index contributed by atoms with van der Waals surface area (Å²) in [6.07, 6.45) is 6.07. The Bertz CT molecular complexity index is 664. The van der Waals surface area contributed by atoms with Crippen molar-refractivity contribution >= 4 is 11.9 Å². The molecule has 0 spiro atoms. The van der Waals surface area contributed by atoms with Crippen LogP contribution in [-0.4, -0.2) is 59.5 Å². The Morgan fingerprint density at radius 3 is 2.36 bits per heavy atom. The van der Waals surface area contributed by atoms with E-state index in [0.717, 1.165) is 50.6 Å². The third-order valence-electron chi connectivity index (χ3n) is 6.16. The number of aliphatic imine (C=N–C) groups is 1. The van der Waals surface area contributed by atoms with Crippen molar-refractivity contribution in [3.63, 3.8) is 0 Å². The average Bonchev–Trinajstić information content (AvgIpc) is 3.29. The minimum atomic E-state index is -1.43. The number of guanidine groups is 1. The Balaban J connectivity index is 1.70. The van der Waals surface area contributed by atoms with Gasteiger partial charge in [0, 0.05) is 38.6 Å². The van der Waals surface area contributed by atoms with E-state index in [0.29, 0.717) is 32.1 Å². The summed E-state index contributed by atoms with van der Waals surface area (Å²) >= 11 is 0. The maximum absolute atomic E-state index is 13.5. The van der Waals surface area contributed by atoms with Crippen molar-refractivity contribution in [1.82, 2.24) is 9.80 Å². The second-order valence-electron chi connectivity index (χ2n) is 7.99. The second-order valence-corrected chi connectivity index (χ2v) is 7.99. The molecule has 28 heavy (non-hydrogen) atoms. The van der Waals surface area contributed by atoms with Crippen molar-refractivity contribution in [2.45, 2.75) is 51.0 Å². The number of hydrogen-bond donors (Lipinski definition) is 2. The van der Waals surface area contributed by atoms with Crippen LogP contribution in [0.25, 0.3) is 0 Å². The fourth-order valence-corrected chi connectivity index (χ4v) is 4.40. The van der Waals surface area contributed by atoms with Crippen molar-refractivity contribution in [3.05, 3.63) is 35.9 Å². The highest BCUT2D eigenvalue weighted by Gasteiger charge is 2.48. The number of hydrogen-bond acceptors (Lipinski definition) is 3. The molecular formula is C22H34N4O2. The van der Waals surface area contributed by atoms with Crippen LogP contribution in [0.4, 0.5) is 0 Å². The zero-order valence-corrected chi connectivity index (χ0v) is 17.0. The van der Waals surface area contributed by atoms with Crippen LogP contribution in [0.3, 0.4) is 0 Å². The lowest BCUT2D eigenvalue weighted by atomic mass is 9.79. The van der Waals surface area contributed by atoms with Crippen LogP contribution in [0.15, 0.2) is 35.3 Å². The highest BCUT2D eigenvalue weighted by atomic mass is 16.3. The molecule has 1 amide bonds. The van der Waals surface area contributed by atoms with Crippen LogP contribution in [-0.2, 0) is 10.4 Å². The van der Waals surface area contributed by atoms with Gasteiger partial charge in [0.05, 0.1) is 0 Å². The van der Waals surface area contributed by atoms with Crippen LogP contribution in [0.2, 0.25) is 0 Å². The van der Waals surface area contributed by atoms with E-state index in [1.807, 2.05) is 35.2 Å². The fourth-order valence-electron chi connectivity index (χ4n) is 4.40. The van der Waals surface area contributed by atoms with Gasteiger partial charge in [-0.25, -0.2) is 0 Å². The molecule has 3 N–H and O–H groups in total. The number of carbonyl (C=O) groups is 1. The molecule has 154 valence electrons. The zero-order chi connectivity index (χ0) is 20.0. The highest BCUT2D eigenvalue weighted by molar-refractivity contribution is 5.87. The standard InChI is InChI=1S/C22H34N4O2/c1-2-3-13-24-21(23)26-16-14-25(15-17-26)20(27)22(28,19-11-7-8-12-19)18-9-5-4-6-10-18/h4-6,9-10,19,28H,2-3,7-8,11-17H2,1H3,(H2,23,24). The van der Waals surface area contributed by atoms with Crippen LogP contribution < -0.4 is 5.73 Å². The second kappa shape index (κ2) is 9.41. The molecule has 2 aliphatic rings. The van der Waals surface area contributed by atoms with Crippen molar-refractivity contribution in [2.75, 3.05) is 32.7 Å². The molecule has 0 radical (unpaired) electrons. The molecule has 0 aromatic heterocycles. The molecule has 1 atom stereocenters. The number of piperazine rings is 1. The molecule has 6 nitrogen and oxygen atoms in total. The average molecular weight is 387 g/mol. The minimum absolute atomic E-state index is 0.0129. The molecular weight excluding hydrogens is 352 g/mol. The number of benzene rings is 1. The summed E-state index contributed by atoms with van der Waals surface area (Å²) in [7, 11) is 0. The largest absolute Gasteiger partial charge is 0.375 e. The van der Waals surface area contributed by atoms with Crippen molar-refractivity contribution in [2.24, 2.45) is 16.6 Å². The lowest BCUT2D eigenvalue weighted by Gasteiger charge is -2.41. The summed E-state index contributed by atoms with van der Waals surface area (Å²) in [5.74, 6) is 0.391. The Labute approximate surface area is 168 Å². The van der Waals surface area contributed by atoms with E-state index in [1.165, 1.54) is 0 Å². The Kier molecular flexibility index (Phi) is 6.94. The van der Waals surface area contributed by atoms with Crippen molar-refractivity contribution in [3.8, 4) is 0 Å². The molecule has 1 aromatic carbocycles. The highest BCUT2D eigenvalue weighted by Crippen LogP contribution is 2.42. The Hall–Kier alpha value is -2.08. The third kappa shape index (κ3) is 4.32. The molecule has 2 fully saturated rings. The fraction of sp³-hybridized carbons (Fsp3) is 0.636. The summed E-state index contributed by atoms with van der Waals surface area (Å²) in [5, 5.41) is 11.7. The summed E-state index contributed by atoms with van der Waals surface area (Å²) in [6.45, 7) is 5.31. The molecule has 1 heterocycles. The molecule has 1 unspecified atom stereocenters. The first-order valence-corrected chi connectivity index (χ1v) is 10.7. The van der Waals surface area contributed by atoms with E-state index in [4.69, 9.17) is 5.73 Å². The first kappa shape index (κ1) is 20.6. The van der Waals surface area contributed by atoms with Crippen LogP contribution in [0, 0.1) is 5.92 Å². The van der Waals surface area contributed by atoms with Gasteiger partial charge in [-0.15, -0.1) is 0 Å². The number of rotatable bonds is 6. The summed E-state index contributed by atoms with van der Waals surface area (Å²) in [4.78, 5) is 21.8. The van der Waals surface area contributed by atoms with E-state index in [9.17, 15) is 9.90 Å². The summed E-state index contributed by atoms with van der Waals surface area (Å²) in [6, 6.07) is 9.47. The normalized spacial score (nSPS) is 21.0. The maximum Gasteiger partial charge on any atom is 0.259 e. The van der Waals surface area contributed by atoms with E-state index in [-0.39, 0.29) is 11.8 Å². The van der Waals surface area contributed by atoms with Gasteiger partial charge in [0.15, 0.2) is 11.6 Å². The molecule has 6 heteroatoms. The van der Waals surface area contributed by atoms with Gasteiger partial charge in [0.25, 0.3) is 5.91 Å². The van der Waals surface area contributed by atoms with Gasteiger partial charge in [-0.2, -0.15) is 0 Å². The van der Waals surface area contributed by atoms with Crippen LogP contribution >= 0.6 is 0 Å². The lowest BCUT2D eigenvalue weighted by Crippen LogP contribution is -2.58. The van der Waals surface area contributed by atoms with Gasteiger partial charge in [0.2, 0.25) is 0 Å². The maximum atomic E-state index is 13.5. The van der Waals surface area contributed by atoms with E-state index < -0.39 is 5.60 Å². The van der Waals surface area contributed by atoms with Gasteiger partial charge in [-0.3, -0.25) is 9.79 Å². The first-order chi connectivity index (χ1) is 13.6. The SMILES string of the molecule is CCCCN=C(N)N1CCN(C(=O)C(O)(c2ccccc2)C2CCCC2)CC1. The van der Waals surface area contributed by atoms with Gasteiger partial charge >= 0.3 is 0 Å². The number of nitrogens with zero attached hydrogens (tertiary/aromatic N) is 3. The topological polar surface area (TPSA) is 82.2 Å². The predicted molar refractivity (Wildman–Crippen MR) is 112 cm³/mol. The zero-order valence-electron chi connectivity index (χ0n) is 17.0. The van der Waals surface area contributed by atoms with E-state index in [1.54, 1.807) is 4.90 Å². The number of unbranched alkanes of at least 4 members (excludes halogenated alkanes) is 1. The number of amides is 1. The smallest absolute Gasteiger partial charge is 0.259 e. The van der Waals surface area contributed by atoms with Gasteiger partial charge in [-0.05, 0) is 24.8 Å². The molecule has 1 saturated heterocycles. The molecule has 1 saturated carbocycles. The number of aliphatic hydroxyl groups is 1. The predicted octanol–water partition coefficient (Wildman–Crippen LogP) is 2.32. The third-order valence-corrected chi connectivity index (χ3v) is 6.16. The molecule has 1 aliphatic carbocycles. The summed E-state index contributed by atoms with van der Waals surface area (Å²) < 4.78 is 0. The van der Waals surface area contributed by atoms with Crippen molar-refractivity contribution < 1.29 is 9.90 Å². The molecule has 1 aromatic rings. The van der Waals surface area contributed by atoms with Gasteiger partial charge < -0.3 is 20.6 Å². The Morgan fingerprint density at radius 2 is 1.75 bits per heavy atom. The van der Waals surface area contributed by atoms with E-state index >= 15 is 0 Å². The first-order valence-electron chi connectivity index (χ1n) is 10.7. The van der Waals surface area contributed by atoms with Crippen LogP contribution in [0.1, 0.15) is 51.0 Å². The molecule has 1 aliphatic heterocycles. The van der Waals surface area contributed by atoms with E-state index in [2.05, 4.69) is 11.9 Å². The Morgan fingerprint density at radius 1 is 1.14 bits per heavy atom. The van der Waals surface area contributed by atoms with Gasteiger partial charge in [0.1, 0.15) is 0 Å². The number of nitrogens with two attached hydrogens (primary N) is 1. The number of carbonyl (C=O) groups excluding carboxylic acids is 1. The molecule has 3 rings (SSSR count). The monoisotopic (exact) mass is 386 g/mol.